The maximum absolute atomic E-state index is 12.2. The SMILES string of the molecule is CCOc1ccc(NC(=O)c2ccnc(NC(C)C)n2)cc1. The van der Waals surface area contributed by atoms with Crippen LogP contribution in [0.5, 0.6) is 5.75 Å². The van der Waals surface area contributed by atoms with Gasteiger partial charge in [0.2, 0.25) is 5.95 Å². The Kier molecular flexibility index (Phi) is 5.30. The van der Waals surface area contributed by atoms with Gasteiger partial charge >= 0.3 is 0 Å². The quantitative estimate of drug-likeness (QED) is 0.857. The molecule has 0 saturated heterocycles. The van der Waals surface area contributed by atoms with Crippen LogP contribution in [0, 0.1) is 0 Å². The van der Waals surface area contributed by atoms with Crippen molar-refractivity contribution in [3.05, 3.63) is 42.2 Å². The van der Waals surface area contributed by atoms with Crippen molar-refractivity contribution in [2.45, 2.75) is 26.8 Å². The largest absolute Gasteiger partial charge is 0.494 e. The first-order chi connectivity index (χ1) is 10.6. The van der Waals surface area contributed by atoms with E-state index in [1.54, 1.807) is 24.4 Å². The number of aromatic nitrogens is 2. The Bertz CT molecular complexity index is 626. The van der Waals surface area contributed by atoms with E-state index in [-0.39, 0.29) is 11.9 Å². The second-order valence-electron chi connectivity index (χ2n) is 4.98. The Morgan fingerprint density at radius 3 is 2.59 bits per heavy atom. The first-order valence-electron chi connectivity index (χ1n) is 7.22. The average molecular weight is 300 g/mol. The summed E-state index contributed by atoms with van der Waals surface area (Å²) in [7, 11) is 0. The molecule has 2 rings (SSSR count). The average Bonchev–Trinajstić information content (AvgIpc) is 2.49. The fraction of sp³-hybridized carbons (Fsp3) is 0.312. The van der Waals surface area contributed by atoms with Crippen LogP contribution in [0.25, 0.3) is 0 Å². The molecule has 0 aliphatic heterocycles. The Morgan fingerprint density at radius 1 is 1.23 bits per heavy atom. The molecule has 0 saturated carbocycles. The minimum atomic E-state index is -0.279. The summed E-state index contributed by atoms with van der Waals surface area (Å²) in [6.45, 7) is 6.50. The summed E-state index contributed by atoms with van der Waals surface area (Å²) in [5.74, 6) is 0.929. The van der Waals surface area contributed by atoms with Crippen molar-refractivity contribution in [2.75, 3.05) is 17.2 Å². The second kappa shape index (κ2) is 7.40. The molecule has 0 aliphatic rings. The predicted octanol–water partition coefficient (Wildman–Crippen LogP) is 2.95. The maximum atomic E-state index is 12.2. The second-order valence-corrected chi connectivity index (χ2v) is 4.98. The van der Waals surface area contributed by atoms with Crippen molar-refractivity contribution in [1.29, 1.82) is 0 Å². The smallest absolute Gasteiger partial charge is 0.274 e. The molecule has 2 N–H and O–H groups in total. The standard InChI is InChI=1S/C16H20N4O2/c1-4-22-13-7-5-12(6-8-13)19-15(21)14-9-10-17-16(20-14)18-11(2)3/h5-11H,4H2,1-3H3,(H,19,21)(H,17,18,20). The van der Waals surface area contributed by atoms with Gasteiger partial charge in [-0.25, -0.2) is 9.97 Å². The summed E-state index contributed by atoms with van der Waals surface area (Å²) in [6, 6.07) is 8.98. The van der Waals surface area contributed by atoms with Gasteiger partial charge in [0, 0.05) is 17.9 Å². The van der Waals surface area contributed by atoms with Crippen LogP contribution in [0.2, 0.25) is 0 Å². The third-order valence-electron chi connectivity index (χ3n) is 2.73. The van der Waals surface area contributed by atoms with Crippen LogP contribution in [0.1, 0.15) is 31.3 Å². The van der Waals surface area contributed by atoms with Crippen molar-refractivity contribution in [3.8, 4) is 5.75 Å². The molecule has 116 valence electrons. The highest BCUT2D eigenvalue weighted by Gasteiger charge is 2.09. The van der Waals surface area contributed by atoms with Gasteiger partial charge in [0.05, 0.1) is 6.61 Å². The number of nitrogens with one attached hydrogen (secondary N) is 2. The number of hydrogen-bond acceptors (Lipinski definition) is 5. The normalized spacial score (nSPS) is 10.4. The minimum absolute atomic E-state index is 0.199. The number of hydrogen-bond donors (Lipinski definition) is 2. The van der Waals surface area contributed by atoms with E-state index in [2.05, 4.69) is 20.6 Å². The van der Waals surface area contributed by atoms with Gasteiger partial charge in [-0.05, 0) is 51.1 Å². The molecule has 0 fully saturated rings. The lowest BCUT2D eigenvalue weighted by atomic mass is 10.3. The van der Waals surface area contributed by atoms with Gasteiger partial charge < -0.3 is 15.4 Å². The van der Waals surface area contributed by atoms with Gasteiger partial charge in [0.15, 0.2) is 0 Å². The number of benzene rings is 1. The number of carbonyl (C=O) groups excluding carboxylic acids is 1. The summed E-state index contributed by atoms with van der Waals surface area (Å²) in [5, 5.41) is 5.86. The molecule has 22 heavy (non-hydrogen) atoms. The molecule has 1 aromatic heterocycles. The van der Waals surface area contributed by atoms with Crippen molar-refractivity contribution in [3.63, 3.8) is 0 Å². The third kappa shape index (κ3) is 4.44. The fourth-order valence-corrected chi connectivity index (χ4v) is 1.81. The van der Waals surface area contributed by atoms with Crippen LogP contribution in [-0.2, 0) is 0 Å². The number of amides is 1. The molecule has 0 spiro atoms. The minimum Gasteiger partial charge on any atom is -0.494 e. The zero-order valence-corrected chi connectivity index (χ0v) is 13.0. The number of nitrogens with zero attached hydrogens (tertiary/aromatic N) is 2. The highest BCUT2D eigenvalue weighted by atomic mass is 16.5. The first kappa shape index (κ1) is 15.8. The van der Waals surface area contributed by atoms with E-state index in [0.29, 0.717) is 23.9 Å². The van der Waals surface area contributed by atoms with Gasteiger partial charge in [0.1, 0.15) is 11.4 Å². The van der Waals surface area contributed by atoms with Crippen molar-refractivity contribution in [1.82, 2.24) is 9.97 Å². The number of ether oxygens (including phenoxy) is 1. The molecular formula is C16H20N4O2. The van der Waals surface area contributed by atoms with E-state index in [1.165, 1.54) is 0 Å². The summed E-state index contributed by atoms with van der Waals surface area (Å²) in [4.78, 5) is 20.5. The van der Waals surface area contributed by atoms with Crippen LogP contribution >= 0.6 is 0 Å². The Morgan fingerprint density at radius 2 is 1.95 bits per heavy atom. The molecule has 2 aromatic rings. The highest BCUT2D eigenvalue weighted by molar-refractivity contribution is 6.02. The molecule has 0 unspecified atom stereocenters. The van der Waals surface area contributed by atoms with E-state index >= 15 is 0 Å². The van der Waals surface area contributed by atoms with E-state index in [0.717, 1.165) is 5.75 Å². The zero-order valence-electron chi connectivity index (χ0n) is 13.0. The first-order valence-corrected chi connectivity index (χ1v) is 7.22. The topological polar surface area (TPSA) is 76.1 Å². The predicted molar refractivity (Wildman–Crippen MR) is 86.4 cm³/mol. The summed E-state index contributed by atoms with van der Waals surface area (Å²) < 4.78 is 5.36. The number of rotatable bonds is 6. The van der Waals surface area contributed by atoms with Gasteiger partial charge in [0.25, 0.3) is 5.91 Å². The lowest BCUT2D eigenvalue weighted by Crippen LogP contribution is -2.17. The van der Waals surface area contributed by atoms with Gasteiger partial charge in [-0.2, -0.15) is 0 Å². The third-order valence-corrected chi connectivity index (χ3v) is 2.73. The van der Waals surface area contributed by atoms with E-state index in [1.807, 2.05) is 32.9 Å². The number of anilines is 2. The maximum Gasteiger partial charge on any atom is 0.274 e. The zero-order chi connectivity index (χ0) is 15.9. The molecule has 0 bridgehead atoms. The molecule has 0 atom stereocenters. The molecule has 6 heteroatoms. The van der Waals surface area contributed by atoms with Crippen molar-refractivity contribution in [2.24, 2.45) is 0 Å². The lowest BCUT2D eigenvalue weighted by molar-refractivity contribution is 0.102. The van der Waals surface area contributed by atoms with Gasteiger partial charge in [-0.1, -0.05) is 0 Å². The molecule has 0 aliphatic carbocycles. The van der Waals surface area contributed by atoms with Gasteiger partial charge in [-0.3, -0.25) is 4.79 Å². The van der Waals surface area contributed by atoms with Crippen LogP contribution < -0.4 is 15.4 Å². The summed E-state index contributed by atoms with van der Waals surface area (Å²) in [6.07, 6.45) is 1.56. The van der Waals surface area contributed by atoms with Crippen LogP contribution in [0.15, 0.2) is 36.5 Å². The molecule has 1 aromatic carbocycles. The fourth-order valence-electron chi connectivity index (χ4n) is 1.81. The monoisotopic (exact) mass is 300 g/mol. The summed E-state index contributed by atoms with van der Waals surface area (Å²) >= 11 is 0. The Balaban J connectivity index is 2.05. The number of carbonyl (C=O) groups is 1. The molecule has 1 amide bonds. The van der Waals surface area contributed by atoms with Crippen molar-refractivity contribution >= 4 is 17.5 Å². The van der Waals surface area contributed by atoms with E-state index < -0.39 is 0 Å². The highest BCUT2D eigenvalue weighted by Crippen LogP contribution is 2.16. The van der Waals surface area contributed by atoms with Gasteiger partial charge in [-0.15, -0.1) is 0 Å². The van der Waals surface area contributed by atoms with Crippen LogP contribution in [-0.4, -0.2) is 28.5 Å². The molecular weight excluding hydrogens is 280 g/mol. The molecule has 0 radical (unpaired) electrons. The molecule has 6 nitrogen and oxygen atoms in total. The van der Waals surface area contributed by atoms with Crippen LogP contribution in [0.3, 0.4) is 0 Å². The van der Waals surface area contributed by atoms with E-state index in [9.17, 15) is 4.79 Å². The summed E-state index contributed by atoms with van der Waals surface area (Å²) in [5.41, 5.74) is 0.998. The lowest BCUT2D eigenvalue weighted by Gasteiger charge is -2.09. The molecule has 1 heterocycles. The Hall–Kier alpha value is -2.63. The Labute approximate surface area is 129 Å². The van der Waals surface area contributed by atoms with Crippen LogP contribution in [0.4, 0.5) is 11.6 Å². The van der Waals surface area contributed by atoms with Crippen molar-refractivity contribution < 1.29 is 9.53 Å². The van der Waals surface area contributed by atoms with E-state index in [4.69, 9.17) is 4.74 Å².